The first-order chi connectivity index (χ1) is 10.7. The fourth-order valence-electron chi connectivity index (χ4n) is 2.10. The van der Waals surface area contributed by atoms with E-state index < -0.39 is 0 Å². The number of rotatable bonds is 4. The second-order valence-electron chi connectivity index (χ2n) is 4.70. The molecule has 1 aliphatic rings. The van der Waals surface area contributed by atoms with Crippen molar-refractivity contribution in [1.29, 1.82) is 0 Å². The lowest BCUT2D eigenvalue weighted by Crippen LogP contribution is -1.93. The zero-order chi connectivity index (χ0) is 15.5. The number of hydrogen-bond acceptors (Lipinski definition) is 5. The highest BCUT2D eigenvalue weighted by Gasteiger charge is 2.12. The first-order valence-corrected chi connectivity index (χ1v) is 7.41. The molecule has 0 aliphatic carbocycles. The van der Waals surface area contributed by atoms with Gasteiger partial charge in [0.2, 0.25) is 6.79 Å². The molecule has 0 unspecified atom stereocenters. The van der Waals surface area contributed by atoms with Crippen molar-refractivity contribution < 1.29 is 19.3 Å². The highest BCUT2D eigenvalue weighted by Crippen LogP contribution is 2.33. The summed E-state index contributed by atoms with van der Waals surface area (Å²) >= 11 is 3.29. The Balaban J connectivity index is 1.76. The van der Waals surface area contributed by atoms with Gasteiger partial charge in [-0.1, -0.05) is 6.07 Å². The number of ether oxygens (including phenoxy) is 3. The Morgan fingerprint density at radius 1 is 1.27 bits per heavy atom. The van der Waals surface area contributed by atoms with Crippen LogP contribution >= 0.6 is 15.9 Å². The molecule has 0 radical (unpaired) electrons. The number of phenols is 1. The molecular formula is C16H14BrNO4. The third-order valence-corrected chi connectivity index (χ3v) is 3.85. The molecule has 0 atom stereocenters. The number of benzene rings is 2. The normalized spacial score (nSPS) is 12.8. The van der Waals surface area contributed by atoms with Gasteiger partial charge in [-0.25, -0.2) is 0 Å². The monoisotopic (exact) mass is 363 g/mol. The lowest BCUT2D eigenvalue weighted by Gasteiger charge is -2.06. The van der Waals surface area contributed by atoms with Crippen LogP contribution in [0.25, 0.3) is 0 Å². The van der Waals surface area contributed by atoms with E-state index in [2.05, 4.69) is 20.9 Å². The molecular weight excluding hydrogens is 350 g/mol. The molecule has 0 fully saturated rings. The average molecular weight is 364 g/mol. The van der Waals surface area contributed by atoms with Crippen molar-refractivity contribution in [2.24, 2.45) is 4.99 Å². The summed E-state index contributed by atoms with van der Waals surface area (Å²) < 4.78 is 16.3. The highest BCUT2D eigenvalue weighted by atomic mass is 79.9. The van der Waals surface area contributed by atoms with Gasteiger partial charge in [0.15, 0.2) is 11.5 Å². The summed E-state index contributed by atoms with van der Waals surface area (Å²) in [5.74, 6) is 2.27. The summed E-state index contributed by atoms with van der Waals surface area (Å²) in [7, 11) is 1.58. The number of aromatic hydroxyl groups is 1. The van der Waals surface area contributed by atoms with Gasteiger partial charge in [0, 0.05) is 11.8 Å². The third-order valence-electron chi connectivity index (χ3n) is 3.24. The first kappa shape index (κ1) is 14.7. The number of nitrogens with zero attached hydrogens (tertiary/aromatic N) is 1. The van der Waals surface area contributed by atoms with E-state index in [1.54, 1.807) is 25.5 Å². The van der Waals surface area contributed by atoms with E-state index in [1.807, 2.05) is 18.2 Å². The lowest BCUT2D eigenvalue weighted by molar-refractivity contribution is 0.174. The lowest BCUT2D eigenvalue weighted by atomic mass is 10.2. The van der Waals surface area contributed by atoms with Crippen LogP contribution in [0.2, 0.25) is 0 Å². The molecule has 1 N–H and O–H groups in total. The van der Waals surface area contributed by atoms with Crippen LogP contribution in [0.3, 0.4) is 0 Å². The Labute approximate surface area is 136 Å². The summed E-state index contributed by atoms with van der Waals surface area (Å²) in [5.41, 5.74) is 1.59. The van der Waals surface area contributed by atoms with Crippen LogP contribution < -0.4 is 14.2 Å². The number of methoxy groups -OCH3 is 1. The smallest absolute Gasteiger partial charge is 0.231 e. The fourth-order valence-corrected chi connectivity index (χ4v) is 2.55. The van der Waals surface area contributed by atoms with Gasteiger partial charge in [0.1, 0.15) is 11.5 Å². The van der Waals surface area contributed by atoms with Crippen molar-refractivity contribution in [3.05, 3.63) is 45.9 Å². The van der Waals surface area contributed by atoms with E-state index in [0.29, 0.717) is 22.3 Å². The van der Waals surface area contributed by atoms with Gasteiger partial charge < -0.3 is 19.3 Å². The van der Waals surface area contributed by atoms with Crippen molar-refractivity contribution in [3.8, 4) is 23.0 Å². The molecule has 2 aromatic carbocycles. The van der Waals surface area contributed by atoms with Gasteiger partial charge in [-0.2, -0.15) is 0 Å². The fraction of sp³-hybridized carbons (Fsp3) is 0.188. The van der Waals surface area contributed by atoms with Crippen LogP contribution in [0, 0.1) is 0 Å². The number of fused-ring (bicyclic) bond motifs is 1. The maximum absolute atomic E-state index is 10.0. The summed E-state index contributed by atoms with van der Waals surface area (Å²) in [5, 5.41) is 10.0. The highest BCUT2D eigenvalue weighted by molar-refractivity contribution is 9.10. The van der Waals surface area contributed by atoms with Crippen LogP contribution in [0.4, 0.5) is 0 Å². The molecule has 5 nitrogen and oxygen atoms in total. The second-order valence-corrected chi connectivity index (χ2v) is 5.56. The molecule has 3 rings (SSSR count). The SMILES string of the molecule is COc1cc(Br)c(O)c(C=NCc2ccc3c(c2)OCO3)c1. The van der Waals surface area contributed by atoms with Gasteiger partial charge >= 0.3 is 0 Å². The van der Waals surface area contributed by atoms with Gasteiger partial charge in [0.25, 0.3) is 0 Å². The molecule has 0 aromatic heterocycles. The van der Waals surface area contributed by atoms with E-state index in [1.165, 1.54) is 0 Å². The summed E-state index contributed by atoms with van der Waals surface area (Å²) in [6.07, 6.45) is 1.62. The van der Waals surface area contributed by atoms with E-state index >= 15 is 0 Å². The maximum atomic E-state index is 10.0. The van der Waals surface area contributed by atoms with Crippen LogP contribution in [-0.2, 0) is 6.54 Å². The zero-order valence-corrected chi connectivity index (χ0v) is 13.5. The molecule has 0 bridgehead atoms. The molecule has 0 amide bonds. The molecule has 22 heavy (non-hydrogen) atoms. The minimum atomic E-state index is 0.134. The Hall–Kier alpha value is -2.21. The van der Waals surface area contributed by atoms with Crippen LogP contribution in [0.1, 0.15) is 11.1 Å². The van der Waals surface area contributed by atoms with Crippen molar-refractivity contribution in [1.82, 2.24) is 0 Å². The predicted molar refractivity (Wildman–Crippen MR) is 86.2 cm³/mol. The second kappa shape index (κ2) is 6.27. The Kier molecular flexibility index (Phi) is 4.20. The van der Waals surface area contributed by atoms with Crippen molar-refractivity contribution in [2.75, 3.05) is 13.9 Å². The van der Waals surface area contributed by atoms with Crippen LogP contribution in [0.15, 0.2) is 39.8 Å². The maximum Gasteiger partial charge on any atom is 0.231 e. The van der Waals surface area contributed by atoms with Crippen molar-refractivity contribution >= 4 is 22.1 Å². The number of hydrogen-bond donors (Lipinski definition) is 1. The minimum absolute atomic E-state index is 0.134. The summed E-state index contributed by atoms with van der Waals surface area (Å²) in [6, 6.07) is 9.13. The van der Waals surface area contributed by atoms with E-state index in [9.17, 15) is 5.11 Å². The van der Waals surface area contributed by atoms with E-state index in [0.717, 1.165) is 17.1 Å². The van der Waals surface area contributed by atoms with Crippen molar-refractivity contribution in [2.45, 2.75) is 6.54 Å². The number of phenolic OH excluding ortho intramolecular Hbond substituents is 1. The number of aliphatic imine (C=N–C) groups is 1. The van der Waals surface area contributed by atoms with Crippen molar-refractivity contribution in [3.63, 3.8) is 0 Å². The average Bonchev–Trinajstić information content (AvgIpc) is 2.98. The summed E-state index contributed by atoms with van der Waals surface area (Å²) in [4.78, 5) is 4.36. The Morgan fingerprint density at radius 2 is 2.09 bits per heavy atom. The molecule has 6 heteroatoms. The standard InChI is InChI=1S/C16H14BrNO4/c1-20-12-5-11(16(19)13(17)6-12)8-18-7-10-2-3-14-15(4-10)22-9-21-14/h2-6,8,19H,7,9H2,1H3. The van der Waals surface area contributed by atoms with Crippen LogP contribution in [0.5, 0.6) is 23.0 Å². The van der Waals surface area contributed by atoms with E-state index in [4.69, 9.17) is 14.2 Å². The minimum Gasteiger partial charge on any atom is -0.506 e. The Bertz CT molecular complexity index is 730. The van der Waals surface area contributed by atoms with Gasteiger partial charge in [-0.15, -0.1) is 0 Å². The van der Waals surface area contributed by atoms with Gasteiger partial charge in [-0.05, 0) is 45.8 Å². The molecule has 114 valence electrons. The molecule has 0 spiro atoms. The molecule has 0 saturated carbocycles. The van der Waals surface area contributed by atoms with Gasteiger partial charge in [0.05, 0.1) is 18.1 Å². The molecule has 1 aliphatic heterocycles. The Morgan fingerprint density at radius 3 is 2.91 bits per heavy atom. The quantitative estimate of drug-likeness (QED) is 0.844. The van der Waals surface area contributed by atoms with Gasteiger partial charge in [-0.3, -0.25) is 4.99 Å². The summed E-state index contributed by atoms with van der Waals surface area (Å²) in [6.45, 7) is 0.735. The third kappa shape index (κ3) is 3.01. The topological polar surface area (TPSA) is 60.3 Å². The molecule has 2 aromatic rings. The number of halogens is 1. The molecule has 0 saturated heterocycles. The first-order valence-electron chi connectivity index (χ1n) is 6.62. The molecule has 1 heterocycles. The van der Waals surface area contributed by atoms with E-state index in [-0.39, 0.29) is 12.5 Å². The zero-order valence-electron chi connectivity index (χ0n) is 11.9. The largest absolute Gasteiger partial charge is 0.506 e. The predicted octanol–water partition coefficient (Wildman–Crippen LogP) is 3.51. The van der Waals surface area contributed by atoms with Crippen LogP contribution in [-0.4, -0.2) is 25.2 Å².